The van der Waals surface area contributed by atoms with Gasteiger partial charge in [-0.3, -0.25) is 9.69 Å². The van der Waals surface area contributed by atoms with Crippen LogP contribution in [0.15, 0.2) is 42.6 Å². The number of H-pyrrole nitrogens is 1. The standard InChI is InChI=1S/C27H34N4O4S/c1-2-36(33,34)31-8-6-20(7-9-31)25-17-29-26-23(25)15-22(16-24(26)27(28)32)21-5-3-4-19(14-21)18-30-10-12-35-13-11-30/h3-5,14-17,20,29H,2,6-13,18H2,1H3,(H2,28,32). The Morgan fingerprint density at radius 1 is 1.08 bits per heavy atom. The van der Waals surface area contributed by atoms with Crippen LogP contribution in [0.2, 0.25) is 0 Å². The number of sulfonamides is 1. The molecule has 0 atom stereocenters. The van der Waals surface area contributed by atoms with E-state index >= 15 is 0 Å². The zero-order valence-electron chi connectivity index (χ0n) is 20.7. The molecular formula is C27H34N4O4S. The number of fused-ring (bicyclic) bond motifs is 1. The Kier molecular flexibility index (Phi) is 7.16. The number of aromatic amines is 1. The molecule has 2 saturated heterocycles. The second-order valence-electron chi connectivity index (χ2n) is 9.72. The van der Waals surface area contributed by atoms with Crippen molar-refractivity contribution in [2.75, 3.05) is 45.1 Å². The van der Waals surface area contributed by atoms with Gasteiger partial charge in [0, 0.05) is 44.3 Å². The van der Waals surface area contributed by atoms with Crippen LogP contribution < -0.4 is 5.73 Å². The molecule has 0 bridgehead atoms. The molecule has 0 radical (unpaired) electrons. The van der Waals surface area contributed by atoms with Crippen molar-refractivity contribution < 1.29 is 17.9 Å². The molecular weight excluding hydrogens is 476 g/mol. The van der Waals surface area contributed by atoms with E-state index in [0.717, 1.165) is 73.3 Å². The lowest BCUT2D eigenvalue weighted by atomic mass is 9.88. The number of ether oxygens (including phenoxy) is 1. The van der Waals surface area contributed by atoms with Crippen LogP contribution in [-0.4, -0.2) is 73.7 Å². The maximum Gasteiger partial charge on any atom is 0.250 e. The molecule has 1 amide bonds. The summed E-state index contributed by atoms with van der Waals surface area (Å²) in [5, 5.41) is 0.983. The fraction of sp³-hybridized carbons (Fsp3) is 0.444. The zero-order chi connectivity index (χ0) is 25.3. The van der Waals surface area contributed by atoms with Crippen molar-refractivity contribution in [1.82, 2.24) is 14.2 Å². The van der Waals surface area contributed by atoms with Gasteiger partial charge in [0.1, 0.15) is 0 Å². The van der Waals surface area contributed by atoms with E-state index in [4.69, 9.17) is 10.5 Å². The summed E-state index contributed by atoms with van der Waals surface area (Å²) in [5.41, 5.74) is 11.3. The van der Waals surface area contributed by atoms with Gasteiger partial charge in [0.25, 0.3) is 5.91 Å². The van der Waals surface area contributed by atoms with Crippen molar-refractivity contribution in [2.24, 2.45) is 5.73 Å². The van der Waals surface area contributed by atoms with E-state index in [1.54, 1.807) is 11.2 Å². The SMILES string of the molecule is CCS(=O)(=O)N1CCC(c2c[nH]c3c(C(N)=O)cc(-c4cccc(CN5CCOCC5)c4)cc23)CC1. The number of hydrogen-bond acceptors (Lipinski definition) is 5. The Morgan fingerprint density at radius 2 is 1.83 bits per heavy atom. The Bertz CT molecular complexity index is 1350. The molecule has 2 aliphatic heterocycles. The summed E-state index contributed by atoms with van der Waals surface area (Å²) in [6, 6.07) is 12.4. The van der Waals surface area contributed by atoms with Gasteiger partial charge in [-0.25, -0.2) is 12.7 Å². The normalized spacial score (nSPS) is 18.6. The monoisotopic (exact) mass is 510 g/mol. The third-order valence-corrected chi connectivity index (χ3v) is 9.39. The molecule has 8 nitrogen and oxygen atoms in total. The third-order valence-electron chi connectivity index (χ3n) is 7.51. The summed E-state index contributed by atoms with van der Waals surface area (Å²) in [6.07, 6.45) is 3.46. The largest absolute Gasteiger partial charge is 0.379 e. The summed E-state index contributed by atoms with van der Waals surface area (Å²) >= 11 is 0. The lowest BCUT2D eigenvalue weighted by Crippen LogP contribution is -2.38. The minimum absolute atomic E-state index is 0.126. The minimum Gasteiger partial charge on any atom is -0.379 e. The highest BCUT2D eigenvalue weighted by atomic mass is 32.2. The number of nitrogens with one attached hydrogen (secondary N) is 1. The van der Waals surface area contributed by atoms with Gasteiger partial charge in [0.15, 0.2) is 0 Å². The molecule has 9 heteroatoms. The Balaban J connectivity index is 1.46. The highest BCUT2D eigenvalue weighted by Crippen LogP contribution is 2.37. The number of hydrogen-bond donors (Lipinski definition) is 2. The molecule has 0 spiro atoms. The first-order valence-corrected chi connectivity index (χ1v) is 14.3. The summed E-state index contributed by atoms with van der Waals surface area (Å²) in [4.78, 5) is 18.1. The lowest BCUT2D eigenvalue weighted by molar-refractivity contribution is 0.0342. The Morgan fingerprint density at radius 3 is 2.53 bits per heavy atom. The highest BCUT2D eigenvalue weighted by molar-refractivity contribution is 7.89. The summed E-state index contributed by atoms with van der Waals surface area (Å²) < 4.78 is 31.7. The van der Waals surface area contributed by atoms with Crippen LogP contribution in [0.5, 0.6) is 0 Å². The molecule has 2 fully saturated rings. The number of carbonyl (C=O) groups excluding carboxylic acids is 1. The molecule has 3 N–H and O–H groups in total. The van der Waals surface area contributed by atoms with Gasteiger partial charge in [-0.15, -0.1) is 0 Å². The maximum absolute atomic E-state index is 12.4. The van der Waals surface area contributed by atoms with Crippen LogP contribution in [0.25, 0.3) is 22.0 Å². The van der Waals surface area contributed by atoms with Gasteiger partial charge in [0.2, 0.25) is 10.0 Å². The van der Waals surface area contributed by atoms with Crippen LogP contribution in [0.4, 0.5) is 0 Å². The number of nitrogens with zero attached hydrogens (tertiary/aromatic N) is 2. The van der Waals surface area contributed by atoms with Gasteiger partial charge in [-0.2, -0.15) is 0 Å². The van der Waals surface area contributed by atoms with Gasteiger partial charge >= 0.3 is 0 Å². The summed E-state index contributed by atoms with van der Waals surface area (Å²) in [5.74, 6) is -0.130. The molecule has 2 aromatic carbocycles. The number of nitrogens with two attached hydrogens (primary N) is 1. The van der Waals surface area contributed by atoms with E-state index in [1.807, 2.05) is 12.3 Å². The average Bonchev–Trinajstić information content (AvgIpc) is 3.33. The first-order valence-electron chi connectivity index (χ1n) is 12.7. The maximum atomic E-state index is 12.4. The predicted molar refractivity (Wildman–Crippen MR) is 141 cm³/mol. The van der Waals surface area contributed by atoms with E-state index in [0.29, 0.717) is 18.7 Å². The fourth-order valence-electron chi connectivity index (χ4n) is 5.45. The zero-order valence-corrected chi connectivity index (χ0v) is 21.5. The van der Waals surface area contributed by atoms with Crippen molar-refractivity contribution >= 4 is 26.8 Å². The molecule has 0 aliphatic carbocycles. The summed E-state index contributed by atoms with van der Waals surface area (Å²) in [6.45, 7) is 6.94. The second-order valence-corrected chi connectivity index (χ2v) is 12.0. The molecule has 5 rings (SSSR count). The number of primary amides is 1. The molecule has 1 aromatic heterocycles. The number of morpholine rings is 1. The average molecular weight is 511 g/mol. The molecule has 36 heavy (non-hydrogen) atoms. The van der Waals surface area contributed by atoms with Crippen molar-refractivity contribution in [3.05, 3.63) is 59.3 Å². The van der Waals surface area contributed by atoms with Crippen molar-refractivity contribution in [1.29, 1.82) is 0 Å². The number of carbonyl (C=O) groups is 1. The van der Waals surface area contributed by atoms with E-state index in [2.05, 4.69) is 40.2 Å². The quantitative estimate of drug-likeness (QED) is 0.507. The van der Waals surface area contributed by atoms with Crippen molar-refractivity contribution in [2.45, 2.75) is 32.2 Å². The Labute approximate surface area is 212 Å². The van der Waals surface area contributed by atoms with E-state index < -0.39 is 15.9 Å². The first-order chi connectivity index (χ1) is 17.4. The van der Waals surface area contributed by atoms with Crippen LogP contribution in [0.3, 0.4) is 0 Å². The summed E-state index contributed by atoms with van der Waals surface area (Å²) in [7, 11) is -3.18. The van der Waals surface area contributed by atoms with Gasteiger partial charge in [-0.05, 0) is 66.1 Å². The van der Waals surface area contributed by atoms with Gasteiger partial charge in [0.05, 0.1) is 30.0 Å². The molecule has 2 aliphatic rings. The Hall–Kier alpha value is -2.72. The van der Waals surface area contributed by atoms with Crippen LogP contribution >= 0.6 is 0 Å². The molecule has 192 valence electrons. The second kappa shape index (κ2) is 10.3. The number of amides is 1. The van der Waals surface area contributed by atoms with Gasteiger partial charge in [-0.1, -0.05) is 18.2 Å². The minimum atomic E-state index is -3.18. The number of piperidine rings is 1. The van der Waals surface area contributed by atoms with E-state index in [1.165, 1.54) is 5.56 Å². The van der Waals surface area contributed by atoms with Crippen LogP contribution in [0.1, 0.15) is 47.2 Å². The van der Waals surface area contributed by atoms with E-state index in [9.17, 15) is 13.2 Å². The topological polar surface area (TPSA) is 109 Å². The van der Waals surface area contributed by atoms with E-state index in [-0.39, 0.29) is 11.7 Å². The van der Waals surface area contributed by atoms with Crippen molar-refractivity contribution in [3.63, 3.8) is 0 Å². The van der Waals surface area contributed by atoms with Crippen LogP contribution in [-0.2, 0) is 21.3 Å². The number of benzene rings is 2. The molecule has 3 aromatic rings. The fourth-order valence-corrected chi connectivity index (χ4v) is 6.58. The van der Waals surface area contributed by atoms with Gasteiger partial charge < -0.3 is 15.5 Å². The van der Waals surface area contributed by atoms with Crippen LogP contribution in [0, 0.1) is 0 Å². The third kappa shape index (κ3) is 5.06. The smallest absolute Gasteiger partial charge is 0.250 e. The molecule has 0 saturated carbocycles. The highest BCUT2D eigenvalue weighted by Gasteiger charge is 2.29. The van der Waals surface area contributed by atoms with Crippen molar-refractivity contribution in [3.8, 4) is 11.1 Å². The number of aromatic nitrogens is 1. The molecule has 3 heterocycles. The first kappa shape index (κ1) is 25.0. The lowest BCUT2D eigenvalue weighted by Gasteiger charge is -2.31. The molecule has 0 unspecified atom stereocenters. The predicted octanol–water partition coefficient (Wildman–Crippen LogP) is 3.30. The number of rotatable bonds is 7.